The van der Waals surface area contributed by atoms with Crippen molar-refractivity contribution in [2.75, 3.05) is 25.0 Å². The number of hydrogen-bond acceptors (Lipinski definition) is 7. The predicted octanol–water partition coefficient (Wildman–Crippen LogP) is 0.779. The molecule has 0 unspecified atom stereocenters. The van der Waals surface area contributed by atoms with Gasteiger partial charge >= 0.3 is 11.9 Å². The summed E-state index contributed by atoms with van der Waals surface area (Å²) in [5, 5.41) is 29.4. The first kappa shape index (κ1) is 29.3. The number of benzene rings is 2. The molecule has 0 spiro atoms. The molecule has 1 fully saturated rings. The quantitative estimate of drug-likeness (QED) is 0.214. The van der Waals surface area contributed by atoms with Gasteiger partial charge in [-0.15, -0.1) is 0 Å². The summed E-state index contributed by atoms with van der Waals surface area (Å²) >= 11 is 0. The first-order valence-electron chi connectivity index (χ1n) is 12.5. The van der Waals surface area contributed by atoms with Crippen molar-refractivity contribution in [3.05, 3.63) is 65.7 Å². The minimum atomic E-state index is -1.54. The van der Waals surface area contributed by atoms with E-state index < -0.39 is 48.2 Å². The van der Waals surface area contributed by atoms with Crippen LogP contribution in [0.15, 0.2) is 54.6 Å². The normalized spacial score (nSPS) is 15.0. The first-order chi connectivity index (χ1) is 18.7. The predicted molar refractivity (Wildman–Crippen MR) is 140 cm³/mol. The van der Waals surface area contributed by atoms with Gasteiger partial charge in [-0.05, 0) is 49.7 Å². The van der Waals surface area contributed by atoms with Crippen molar-refractivity contribution in [2.24, 2.45) is 0 Å². The maximum atomic E-state index is 12.9. The van der Waals surface area contributed by atoms with Crippen molar-refractivity contribution in [3.8, 4) is 0 Å². The molecule has 1 aliphatic heterocycles. The third-order valence-electron chi connectivity index (χ3n) is 6.04. The molecule has 3 amide bonds. The summed E-state index contributed by atoms with van der Waals surface area (Å²) in [4.78, 5) is 61.1. The number of nitrogens with one attached hydrogen (secondary N) is 4. The van der Waals surface area contributed by atoms with Gasteiger partial charge in [-0.25, -0.2) is 4.79 Å². The molecule has 2 aromatic rings. The number of ether oxygens (including phenoxy) is 1. The Morgan fingerprint density at radius 3 is 2.31 bits per heavy atom. The van der Waals surface area contributed by atoms with Gasteiger partial charge < -0.3 is 36.2 Å². The molecular weight excluding hydrogens is 508 g/mol. The number of amides is 3. The summed E-state index contributed by atoms with van der Waals surface area (Å²) in [6.07, 6.45) is 0.833. The van der Waals surface area contributed by atoms with E-state index in [1.165, 1.54) is 18.2 Å². The lowest BCUT2D eigenvalue weighted by atomic mass is 10.0. The Balaban J connectivity index is 1.61. The number of hydrogen-bond donors (Lipinski definition) is 6. The largest absolute Gasteiger partial charge is 0.481 e. The SMILES string of the molecule is O=C(O)C[C@H](NC(=O)c1cccc(NC(=O)COC2CCNCC2)c1)C(=O)N[C@@H](Cc1ccccc1)C(=O)O. The minimum Gasteiger partial charge on any atom is -0.481 e. The lowest BCUT2D eigenvalue weighted by molar-refractivity contribution is -0.142. The molecule has 2 aromatic carbocycles. The van der Waals surface area contributed by atoms with E-state index in [1.54, 1.807) is 36.4 Å². The van der Waals surface area contributed by atoms with Crippen LogP contribution in [-0.2, 0) is 30.3 Å². The van der Waals surface area contributed by atoms with Gasteiger partial charge in [0.05, 0.1) is 12.5 Å². The van der Waals surface area contributed by atoms with Crippen molar-refractivity contribution < 1.29 is 38.9 Å². The molecule has 2 atom stereocenters. The van der Waals surface area contributed by atoms with E-state index >= 15 is 0 Å². The van der Waals surface area contributed by atoms with Gasteiger partial charge in [0.2, 0.25) is 11.8 Å². The summed E-state index contributed by atoms with van der Waals surface area (Å²) in [6, 6.07) is 11.6. The lowest BCUT2D eigenvalue weighted by Gasteiger charge is -2.22. The number of carbonyl (C=O) groups is 5. The molecule has 39 heavy (non-hydrogen) atoms. The van der Waals surface area contributed by atoms with Crippen LogP contribution in [0.3, 0.4) is 0 Å². The second-order valence-electron chi connectivity index (χ2n) is 9.10. The fourth-order valence-electron chi connectivity index (χ4n) is 4.04. The van der Waals surface area contributed by atoms with Crippen LogP contribution in [0.5, 0.6) is 0 Å². The summed E-state index contributed by atoms with van der Waals surface area (Å²) in [7, 11) is 0. The maximum Gasteiger partial charge on any atom is 0.326 e. The monoisotopic (exact) mass is 540 g/mol. The average Bonchev–Trinajstić information content (AvgIpc) is 2.92. The van der Waals surface area contributed by atoms with Crippen LogP contribution in [0.2, 0.25) is 0 Å². The van der Waals surface area contributed by atoms with Crippen LogP contribution >= 0.6 is 0 Å². The van der Waals surface area contributed by atoms with Gasteiger partial charge in [0, 0.05) is 17.7 Å². The van der Waals surface area contributed by atoms with E-state index in [0.717, 1.165) is 25.9 Å². The summed E-state index contributed by atoms with van der Waals surface area (Å²) in [5.74, 6) is -4.78. The number of carboxylic acid groups (broad SMARTS) is 2. The van der Waals surface area contributed by atoms with E-state index in [4.69, 9.17) is 4.74 Å². The Morgan fingerprint density at radius 2 is 1.64 bits per heavy atom. The topological polar surface area (TPSA) is 183 Å². The molecular formula is C27H32N4O8. The van der Waals surface area contributed by atoms with E-state index in [2.05, 4.69) is 21.3 Å². The van der Waals surface area contributed by atoms with Gasteiger partial charge in [-0.2, -0.15) is 0 Å². The number of piperidine rings is 1. The van der Waals surface area contributed by atoms with Crippen LogP contribution in [0.4, 0.5) is 5.69 Å². The molecule has 1 saturated heterocycles. The fourth-order valence-corrected chi connectivity index (χ4v) is 4.04. The first-order valence-corrected chi connectivity index (χ1v) is 12.5. The summed E-state index contributed by atoms with van der Waals surface area (Å²) in [5.41, 5.74) is 1.04. The van der Waals surface area contributed by atoms with Gasteiger partial charge in [0.1, 0.15) is 18.7 Å². The van der Waals surface area contributed by atoms with E-state index in [1.807, 2.05) is 0 Å². The number of carboxylic acids is 2. The highest BCUT2D eigenvalue weighted by Crippen LogP contribution is 2.13. The van der Waals surface area contributed by atoms with E-state index in [0.29, 0.717) is 11.3 Å². The molecule has 208 valence electrons. The van der Waals surface area contributed by atoms with Crippen LogP contribution in [0.25, 0.3) is 0 Å². The van der Waals surface area contributed by atoms with Crippen molar-refractivity contribution in [1.82, 2.24) is 16.0 Å². The second-order valence-corrected chi connectivity index (χ2v) is 9.10. The third kappa shape index (κ3) is 9.83. The highest BCUT2D eigenvalue weighted by molar-refractivity contribution is 6.00. The van der Waals surface area contributed by atoms with Crippen LogP contribution in [0, 0.1) is 0 Å². The Morgan fingerprint density at radius 1 is 0.923 bits per heavy atom. The zero-order valence-corrected chi connectivity index (χ0v) is 21.2. The van der Waals surface area contributed by atoms with Gasteiger partial charge in [-0.3, -0.25) is 19.2 Å². The number of carbonyl (C=O) groups excluding carboxylic acids is 3. The number of anilines is 1. The number of aliphatic carboxylic acids is 2. The van der Waals surface area contributed by atoms with Crippen molar-refractivity contribution >= 4 is 35.3 Å². The minimum absolute atomic E-state index is 0.000144. The van der Waals surface area contributed by atoms with Crippen molar-refractivity contribution in [3.63, 3.8) is 0 Å². The molecule has 0 saturated carbocycles. The zero-order chi connectivity index (χ0) is 28.2. The van der Waals surface area contributed by atoms with Crippen molar-refractivity contribution in [2.45, 2.75) is 43.9 Å². The van der Waals surface area contributed by atoms with Gasteiger partial charge in [-0.1, -0.05) is 36.4 Å². The summed E-state index contributed by atoms with van der Waals surface area (Å²) < 4.78 is 5.62. The zero-order valence-electron chi connectivity index (χ0n) is 21.2. The molecule has 0 bridgehead atoms. The molecule has 1 heterocycles. The average molecular weight is 541 g/mol. The van der Waals surface area contributed by atoms with E-state index in [-0.39, 0.29) is 24.7 Å². The van der Waals surface area contributed by atoms with Gasteiger partial charge in [0.15, 0.2) is 0 Å². The molecule has 0 aromatic heterocycles. The smallest absolute Gasteiger partial charge is 0.326 e. The Hall–Kier alpha value is -4.29. The van der Waals surface area contributed by atoms with Crippen LogP contribution in [-0.4, -0.2) is 77.8 Å². The van der Waals surface area contributed by atoms with Crippen molar-refractivity contribution in [1.29, 1.82) is 0 Å². The van der Waals surface area contributed by atoms with E-state index in [9.17, 15) is 34.2 Å². The molecule has 0 radical (unpaired) electrons. The molecule has 0 aliphatic carbocycles. The Bertz CT molecular complexity index is 1170. The Kier molecular flexibility index (Phi) is 11.0. The van der Waals surface area contributed by atoms with Gasteiger partial charge in [0.25, 0.3) is 5.91 Å². The Labute approximate surface area is 225 Å². The highest BCUT2D eigenvalue weighted by Gasteiger charge is 2.29. The highest BCUT2D eigenvalue weighted by atomic mass is 16.5. The molecule has 12 nitrogen and oxygen atoms in total. The molecule has 3 rings (SSSR count). The standard InChI is InChI=1S/C27H32N4O8/c32-23(16-39-20-9-11-28-12-10-20)29-19-8-4-7-18(14-19)25(35)30-21(15-24(33)34)26(36)31-22(27(37)38)13-17-5-2-1-3-6-17/h1-8,14,20-22,28H,9-13,15-16H2,(H,29,32)(H,30,35)(H,31,36)(H,33,34)(H,37,38)/t21-,22-/m0/s1. The third-order valence-corrected chi connectivity index (χ3v) is 6.04. The number of rotatable bonds is 13. The molecule has 1 aliphatic rings. The summed E-state index contributed by atoms with van der Waals surface area (Å²) in [6.45, 7) is 1.51. The lowest BCUT2D eigenvalue weighted by Crippen LogP contribution is -2.52. The van der Waals surface area contributed by atoms with Crippen LogP contribution in [0.1, 0.15) is 35.2 Å². The maximum absolute atomic E-state index is 12.9. The second kappa shape index (κ2) is 14.6. The molecule has 12 heteroatoms. The van der Waals surface area contributed by atoms with Crippen LogP contribution < -0.4 is 21.3 Å². The fraction of sp³-hybridized carbons (Fsp3) is 0.370. The molecule has 6 N–H and O–H groups in total.